The molecule has 0 fully saturated rings. The monoisotopic (exact) mass is 144 g/mol. The quantitative estimate of drug-likeness (QED) is 0.435. The molecule has 3 nitrogen and oxygen atoms in total. The van der Waals surface area contributed by atoms with Gasteiger partial charge in [0.2, 0.25) is 0 Å². The average Bonchev–Trinajstić information content (AvgIpc) is 1.86. The minimum Gasteiger partial charge on any atom is -0.455 e. The molecule has 0 aromatic heterocycles. The van der Waals surface area contributed by atoms with Crippen LogP contribution in [0.25, 0.3) is 0 Å². The zero-order valence-corrected chi connectivity index (χ0v) is 6.29. The van der Waals surface area contributed by atoms with Gasteiger partial charge in [0.05, 0.1) is 0 Å². The van der Waals surface area contributed by atoms with Crippen LogP contribution in [0.3, 0.4) is 0 Å². The summed E-state index contributed by atoms with van der Waals surface area (Å²) in [6.07, 6.45) is 1.58. The van der Waals surface area contributed by atoms with E-state index in [-0.39, 0.29) is 0 Å². The summed E-state index contributed by atoms with van der Waals surface area (Å²) >= 11 is 0. The number of hydrogen-bond donors (Lipinski definition) is 0. The predicted molar refractivity (Wildman–Crippen MR) is 36.5 cm³/mol. The fourth-order valence-corrected chi connectivity index (χ4v) is 0.652. The SMILES string of the molecule is CCC[C@@H](C=O)OC(C)=O. The first kappa shape index (κ1) is 9.14. The molecule has 0 unspecified atom stereocenters. The standard InChI is InChI=1S/C7H12O3/c1-3-4-7(5-8)10-6(2)9/h5,7H,3-4H2,1-2H3/t7-/m0/s1. The van der Waals surface area contributed by atoms with Crippen LogP contribution in [0.4, 0.5) is 0 Å². The Kier molecular flexibility index (Phi) is 4.54. The summed E-state index contributed by atoms with van der Waals surface area (Å²) < 4.78 is 4.63. The van der Waals surface area contributed by atoms with Crippen molar-refractivity contribution < 1.29 is 14.3 Å². The Hall–Kier alpha value is -0.860. The summed E-state index contributed by atoms with van der Waals surface area (Å²) in [7, 11) is 0. The minimum absolute atomic E-state index is 0.398. The lowest BCUT2D eigenvalue weighted by molar-refractivity contribution is -0.149. The van der Waals surface area contributed by atoms with E-state index in [4.69, 9.17) is 0 Å². The lowest BCUT2D eigenvalue weighted by atomic mass is 10.2. The second-order valence-corrected chi connectivity index (χ2v) is 2.07. The van der Waals surface area contributed by atoms with Gasteiger partial charge in [0.1, 0.15) is 0 Å². The number of aldehydes is 1. The molecule has 0 spiro atoms. The van der Waals surface area contributed by atoms with Crippen LogP contribution in [0.2, 0.25) is 0 Å². The van der Waals surface area contributed by atoms with Crippen LogP contribution in [0.1, 0.15) is 26.7 Å². The molecule has 0 N–H and O–H groups in total. The van der Waals surface area contributed by atoms with E-state index in [1.165, 1.54) is 6.92 Å². The highest BCUT2D eigenvalue weighted by molar-refractivity contribution is 5.69. The molecule has 0 bridgehead atoms. The van der Waals surface area contributed by atoms with E-state index < -0.39 is 12.1 Å². The van der Waals surface area contributed by atoms with E-state index in [1.807, 2.05) is 6.92 Å². The number of rotatable bonds is 4. The second-order valence-electron chi connectivity index (χ2n) is 2.07. The Morgan fingerprint density at radius 2 is 2.30 bits per heavy atom. The van der Waals surface area contributed by atoms with Crippen molar-refractivity contribution in [2.24, 2.45) is 0 Å². The van der Waals surface area contributed by atoms with Gasteiger partial charge in [-0.05, 0) is 6.42 Å². The lowest BCUT2D eigenvalue weighted by Crippen LogP contribution is -2.16. The van der Waals surface area contributed by atoms with Gasteiger partial charge in [0.25, 0.3) is 0 Å². The Balaban J connectivity index is 3.59. The molecule has 0 aromatic carbocycles. The molecule has 0 rings (SSSR count). The van der Waals surface area contributed by atoms with E-state index in [2.05, 4.69) is 4.74 Å². The third-order valence-corrected chi connectivity index (χ3v) is 1.04. The maximum Gasteiger partial charge on any atom is 0.303 e. The zero-order valence-electron chi connectivity index (χ0n) is 6.29. The Morgan fingerprint density at radius 3 is 2.60 bits per heavy atom. The molecule has 0 heterocycles. The predicted octanol–water partition coefficient (Wildman–Crippen LogP) is 0.917. The molecule has 3 heteroatoms. The molecule has 0 aliphatic rings. The van der Waals surface area contributed by atoms with Crippen LogP contribution < -0.4 is 0 Å². The van der Waals surface area contributed by atoms with E-state index in [9.17, 15) is 9.59 Å². The molecular formula is C7H12O3. The Bertz CT molecular complexity index is 120. The minimum atomic E-state index is -0.539. The molecule has 0 saturated heterocycles. The Labute approximate surface area is 60.4 Å². The summed E-state index contributed by atoms with van der Waals surface area (Å²) in [5.41, 5.74) is 0. The van der Waals surface area contributed by atoms with Gasteiger partial charge >= 0.3 is 5.97 Å². The van der Waals surface area contributed by atoms with Crippen molar-refractivity contribution in [1.29, 1.82) is 0 Å². The zero-order chi connectivity index (χ0) is 7.98. The molecule has 0 amide bonds. The van der Waals surface area contributed by atoms with Gasteiger partial charge in [-0.25, -0.2) is 0 Å². The van der Waals surface area contributed by atoms with E-state index in [0.717, 1.165) is 6.42 Å². The summed E-state index contributed by atoms with van der Waals surface area (Å²) in [4.78, 5) is 20.5. The number of ether oxygens (including phenoxy) is 1. The first-order valence-electron chi connectivity index (χ1n) is 3.33. The van der Waals surface area contributed by atoms with Gasteiger partial charge in [-0.15, -0.1) is 0 Å². The maximum absolute atomic E-state index is 10.3. The molecule has 0 aromatic rings. The van der Waals surface area contributed by atoms with E-state index in [0.29, 0.717) is 12.7 Å². The van der Waals surface area contributed by atoms with Crippen molar-refractivity contribution >= 4 is 12.3 Å². The lowest BCUT2D eigenvalue weighted by Gasteiger charge is -2.07. The summed E-state index contributed by atoms with van der Waals surface area (Å²) in [6, 6.07) is 0. The molecule has 1 atom stereocenters. The van der Waals surface area contributed by atoms with Crippen LogP contribution >= 0.6 is 0 Å². The van der Waals surface area contributed by atoms with Gasteiger partial charge in [-0.2, -0.15) is 0 Å². The van der Waals surface area contributed by atoms with E-state index >= 15 is 0 Å². The fourth-order valence-electron chi connectivity index (χ4n) is 0.652. The van der Waals surface area contributed by atoms with Crippen molar-refractivity contribution in [3.8, 4) is 0 Å². The second kappa shape index (κ2) is 4.97. The van der Waals surface area contributed by atoms with Crippen molar-refractivity contribution in [2.45, 2.75) is 32.8 Å². The summed E-state index contributed by atoms with van der Waals surface area (Å²) in [6.45, 7) is 3.23. The molecule has 58 valence electrons. The number of esters is 1. The first-order chi connectivity index (χ1) is 4.70. The Morgan fingerprint density at radius 1 is 1.70 bits per heavy atom. The van der Waals surface area contributed by atoms with Crippen LogP contribution in [0, 0.1) is 0 Å². The van der Waals surface area contributed by atoms with Crippen LogP contribution in [0.5, 0.6) is 0 Å². The molecule has 0 radical (unpaired) electrons. The summed E-state index contributed by atoms with van der Waals surface area (Å²) in [5, 5.41) is 0. The van der Waals surface area contributed by atoms with Gasteiger partial charge in [0, 0.05) is 6.92 Å². The van der Waals surface area contributed by atoms with Gasteiger partial charge in [0.15, 0.2) is 12.4 Å². The highest BCUT2D eigenvalue weighted by Gasteiger charge is 2.07. The van der Waals surface area contributed by atoms with Gasteiger partial charge in [-0.1, -0.05) is 13.3 Å². The maximum atomic E-state index is 10.3. The topological polar surface area (TPSA) is 43.4 Å². The highest BCUT2D eigenvalue weighted by Crippen LogP contribution is 1.98. The number of hydrogen-bond acceptors (Lipinski definition) is 3. The molecule has 0 saturated carbocycles. The third-order valence-electron chi connectivity index (χ3n) is 1.04. The molecule has 10 heavy (non-hydrogen) atoms. The molecular weight excluding hydrogens is 132 g/mol. The smallest absolute Gasteiger partial charge is 0.303 e. The largest absolute Gasteiger partial charge is 0.455 e. The first-order valence-corrected chi connectivity index (χ1v) is 3.33. The van der Waals surface area contributed by atoms with Crippen molar-refractivity contribution in [2.75, 3.05) is 0 Å². The van der Waals surface area contributed by atoms with Gasteiger partial charge < -0.3 is 4.74 Å². The normalized spacial score (nSPS) is 12.2. The summed E-state index contributed by atoms with van der Waals surface area (Å²) in [5.74, 6) is -0.398. The fraction of sp³-hybridized carbons (Fsp3) is 0.714. The average molecular weight is 144 g/mol. The third kappa shape index (κ3) is 4.06. The van der Waals surface area contributed by atoms with Crippen LogP contribution in [-0.2, 0) is 14.3 Å². The number of carbonyl (C=O) groups is 2. The molecule has 0 aliphatic carbocycles. The van der Waals surface area contributed by atoms with Crippen LogP contribution in [0.15, 0.2) is 0 Å². The van der Waals surface area contributed by atoms with Crippen molar-refractivity contribution in [1.82, 2.24) is 0 Å². The molecule has 0 aliphatic heterocycles. The van der Waals surface area contributed by atoms with Crippen molar-refractivity contribution in [3.63, 3.8) is 0 Å². The number of carbonyl (C=O) groups excluding carboxylic acids is 2. The van der Waals surface area contributed by atoms with Crippen LogP contribution in [-0.4, -0.2) is 18.4 Å². The van der Waals surface area contributed by atoms with E-state index in [1.54, 1.807) is 0 Å². The highest BCUT2D eigenvalue weighted by atomic mass is 16.5. The van der Waals surface area contributed by atoms with Crippen molar-refractivity contribution in [3.05, 3.63) is 0 Å². The van der Waals surface area contributed by atoms with Gasteiger partial charge in [-0.3, -0.25) is 9.59 Å².